The van der Waals surface area contributed by atoms with Crippen molar-refractivity contribution in [1.29, 1.82) is 0 Å². The summed E-state index contributed by atoms with van der Waals surface area (Å²) in [7, 11) is 0. The number of alkyl halides is 2. The number of nitrogen functional groups attached to an aromatic ring is 1. The second-order valence-electron chi connectivity index (χ2n) is 7.68. The first-order chi connectivity index (χ1) is 16.0. The third-order valence-corrected chi connectivity index (χ3v) is 7.04. The van der Waals surface area contributed by atoms with Crippen LogP contribution in [-0.4, -0.2) is 16.1 Å². The molecule has 4 rings (SSSR count). The zero-order chi connectivity index (χ0) is 24.8. The molecule has 0 bridgehead atoms. The van der Waals surface area contributed by atoms with E-state index in [1.807, 2.05) is 0 Å². The van der Waals surface area contributed by atoms with E-state index in [0.29, 0.717) is 15.6 Å². The van der Waals surface area contributed by atoms with Crippen LogP contribution in [0.3, 0.4) is 0 Å². The third kappa shape index (κ3) is 4.92. The molecule has 2 atom stereocenters. The van der Waals surface area contributed by atoms with Crippen molar-refractivity contribution < 1.29 is 14.0 Å². The Kier molecular flexibility index (Phi) is 6.91. The molecule has 0 radical (unpaired) electrons. The lowest BCUT2D eigenvalue weighted by Crippen LogP contribution is -2.18. The standard InChI is InChI=1S/C23H15Cl5FN3O2/c24-11-6-10(7-12(25)8-11)18-19(23(18,27)28)22(34)31-13-4-5-15(26)14(9-13)21(33)32-17-3-1-2-16(30)20(17)29/h1-9,18-19H,30H2,(H,31,34)(H,32,33)/t18-,19?/m0/s1. The van der Waals surface area contributed by atoms with Crippen molar-refractivity contribution >= 4 is 86.9 Å². The Morgan fingerprint density at radius 1 is 0.941 bits per heavy atom. The van der Waals surface area contributed by atoms with Crippen LogP contribution in [0.15, 0.2) is 54.6 Å². The first-order valence-corrected chi connectivity index (χ1v) is 11.7. The Labute approximate surface area is 219 Å². The van der Waals surface area contributed by atoms with Gasteiger partial charge in [-0.2, -0.15) is 0 Å². The molecule has 0 spiro atoms. The van der Waals surface area contributed by atoms with Crippen LogP contribution in [0.5, 0.6) is 0 Å². The molecule has 3 aromatic carbocycles. The molecule has 176 valence electrons. The summed E-state index contributed by atoms with van der Waals surface area (Å²) < 4.78 is 12.8. The SMILES string of the molecule is Nc1cccc(NC(=O)c2cc(NC(=O)C3[C@H](c4cc(Cl)cc(Cl)c4)C3(Cl)Cl)ccc2Cl)c1F. The number of nitrogens with two attached hydrogens (primary N) is 1. The van der Waals surface area contributed by atoms with Crippen LogP contribution >= 0.6 is 58.0 Å². The zero-order valence-corrected chi connectivity index (χ0v) is 20.8. The lowest BCUT2D eigenvalue weighted by Gasteiger charge is -2.11. The van der Waals surface area contributed by atoms with Gasteiger partial charge in [-0.05, 0) is 54.1 Å². The van der Waals surface area contributed by atoms with Gasteiger partial charge >= 0.3 is 0 Å². The number of rotatable bonds is 5. The number of carbonyl (C=O) groups is 2. The van der Waals surface area contributed by atoms with Crippen molar-refractivity contribution in [3.8, 4) is 0 Å². The zero-order valence-electron chi connectivity index (χ0n) is 17.0. The van der Waals surface area contributed by atoms with Crippen molar-refractivity contribution in [1.82, 2.24) is 0 Å². The van der Waals surface area contributed by atoms with Crippen LogP contribution in [-0.2, 0) is 4.79 Å². The highest BCUT2D eigenvalue weighted by atomic mass is 35.5. The Bertz CT molecular complexity index is 1300. The van der Waals surface area contributed by atoms with Gasteiger partial charge in [0.25, 0.3) is 5.91 Å². The van der Waals surface area contributed by atoms with Gasteiger partial charge in [0.1, 0.15) is 4.33 Å². The normalized spacial score (nSPS) is 18.3. The minimum atomic E-state index is -1.37. The summed E-state index contributed by atoms with van der Waals surface area (Å²) in [5.74, 6) is -3.25. The molecule has 1 saturated carbocycles. The topological polar surface area (TPSA) is 84.2 Å². The van der Waals surface area contributed by atoms with Gasteiger partial charge in [0.2, 0.25) is 5.91 Å². The molecule has 11 heteroatoms. The first-order valence-electron chi connectivity index (χ1n) is 9.78. The Balaban J connectivity index is 1.52. The molecule has 0 saturated heterocycles. The van der Waals surface area contributed by atoms with Crippen LogP contribution in [0, 0.1) is 11.7 Å². The predicted octanol–water partition coefficient (Wildman–Crippen LogP) is 7.15. The fraction of sp³-hybridized carbons (Fsp3) is 0.130. The number of nitrogens with one attached hydrogen (secondary N) is 2. The van der Waals surface area contributed by atoms with Crippen molar-refractivity contribution in [2.75, 3.05) is 16.4 Å². The van der Waals surface area contributed by atoms with E-state index in [2.05, 4.69) is 10.6 Å². The molecule has 3 aromatic rings. The van der Waals surface area contributed by atoms with Crippen LogP contribution in [0.2, 0.25) is 15.1 Å². The first kappa shape index (κ1) is 24.9. The molecule has 1 unspecified atom stereocenters. The quantitative estimate of drug-likeness (QED) is 0.229. The van der Waals surface area contributed by atoms with E-state index < -0.39 is 33.8 Å². The number of hydrogen-bond acceptors (Lipinski definition) is 3. The summed E-state index contributed by atoms with van der Waals surface area (Å²) in [4.78, 5) is 25.6. The fourth-order valence-electron chi connectivity index (χ4n) is 3.66. The van der Waals surface area contributed by atoms with Crippen LogP contribution in [0.1, 0.15) is 21.8 Å². The second-order valence-corrected chi connectivity index (χ2v) is 10.4. The summed E-state index contributed by atoms with van der Waals surface area (Å²) in [5.41, 5.74) is 6.22. The maximum atomic E-state index is 14.2. The summed E-state index contributed by atoms with van der Waals surface area (Å²) in [6, 6.07) is 13.4. The summed E-state index contributed by atoms with van der Waals surface area (Å²) in [6.07, 6.45) is 0. The molecule has 5 nitrogen and oxygen atoms in total. The Hall–Kier alpha value is -2.22. The van der Waals surface area contributed by atoms with E-state index in [9.17, 15) is 14.0 Å². The predicted molar refractivity (Wildman–Crippen MR) is 136 cm³/mol. The van der Waals surface area contributed by atoms with E-state index in [1.165, 1.54) is 36.4 Å². The molecule has 0 aliphatic heterocycles. The molecule has 2 amide bonds. The number of hydrogen-bond donors (Lipinski definition) is 3. The monoisotopic (exact) mass is 559 g/mol. The number of carbonyl (C=O) groups excluding carboxylic acids is 2. The average Bonchev–Trinajstić information content (AvgIpc) is 3.34. The molecule has 34 heavy (non-hydrogen) atoms. The van der Waals surface area contributed by atoms with Crippen LogP contribution < -0.4 is 16.4 Å². The van der Waals surface area contributed by atoms with Gasteiger partial charge in [-0.15, -0.1) is 23.2 Å². The van der Waals surface area contributed by atoms with E-state index in [4.69, 9.17) is 63.7 Å². The lowest BCUT2D eigenvalue weighted by molar-refractivity contribution is -0.117. The third-order valence-electron chi connectivity index (χ3n) is 5.34. The highest BCUT2D eigenvalue weighted by Gasteiger charge is 2.67. The van der Waals surface area contributed by atoms with Crippen LogP contribution in [0.4, 0.5) is 21.5 Å². The Morgan fingerprint density at radius 2 is 1.62 bits per heavy atom. The van der Waals surface area contributed by atoms with Gasteiger partial charge < -0.3 is 16.4 Å². The summed E-state index contributed by atoms with van der Waals surface area (Å²) >= 11 is 31.0. The van der Waals surface area contributed by atoms with E-state index in [0.717, 1.165) is 0 Å². The molecule has 1 aliphatic carbocycles. The van der Waals surface area contributed by atoms with Crippen molar-refractivity contribution in [2.45, 2.75) is 10.3 Å². The van der Waals surface area contributed by atoms with Crippen molar-refractivity contribution in [2.24, 2.45) is 5.92 Å². The largest absolute Gasteiger partial charge is 0.396 e. The minimum absolute atomic E-state index is 0.0123. The van der Waals surface area contributed by atoms with E-state index >= 15 is 0 Å². The molecule has 1 aliphatic rings. The van der Waals surface area contributed by atoms with Gasteiger partial charge in [0, 0.05) is 21.7 Å². The maximum Gasteiger partial charge on any atom is 0.257 e. The van der Waals surface area contributed by atoms with Crippen molar-refractivity contribution in [3.05, 3.63) is 86.6 Å². The van der Waals surface area contributed by atoms with Gasteiger partial charge in [-0.25, -0.2) is 4.39 Å². The number of amides is 2. The number of halogens is 6. The highest BCUT2D eigenvalue weighted by molar-refractivity contribution is 6.53. The lowest BCUT2D eigenvalue weighted by atomic mass is 10.1. The van der Waals surface area contributed by atoms with Gasteiger partial charge in [0.05, 0.1) is 27.9 Å². The molecular formula is C23H15Cl5FN3O2. The van der Waals surface area contributed by atoms with Gasteiger partial charge in [-0.1, -0.05) is 40.9 Å². The number of anilines is 3. The van der Waals surface area contributed by atoms with Gasteiger partial charge in [-0.3, -0.25) is 9.59 Å². The summed E-state index contributed by atoms with van der Waals surface area (Å²) in [6.45, 7) is 0. The van der Waals surface area contributed by atoms with E-state index in [-0.39, 0.29) is 27.6 Å². The molecule has 0 aromatic heterocycles. The molecule has 0 heterocycles. The van der Waals surface area contributed by atoms with Crippen molar-refractivity contribution in [3.63, 3.8) is 0 Å². The number of benzene rings is 3. The molecule has 4 N–H and O–H groups in total. The van der Waals surface area contributed by atoms with Gasteiger partial charge in [0.15, 0.2) is 5.82 Å². The molecular weight excluding hydrogens is 547 g/mol. The maximum absolute atomic E-state index is 14.2. The summed E-state index contributed by atoms with van der Waals surface area (Å²) in [5, 5.41) is 5.99. The fourth-order valence-corrected chi connectivity index (χ4v) is 5.23. The second kappa shape index (κ2) is 9.44. The smallest absolute Gasteiger partial charge is 0.257 e. The average molecular weight is 562 g/mol. The highest BCUT2D eigenvalue weighted by Crippen LogP contribution is 2.65. The minimum Gasteiger partial charge on any atom is -0.396 e. The van der Waals surface area contributed by atoms with E-state index in [1.54, 1.807) is 18.2 Å². The Morgan fingerprint density at radius 3 is 2.29 bits per heavy atom. The molecule has 1 fully saturated rings. The van der Waals surface area contributed by atoms with Crippen LogP contribution in [0.25, 0.3) is 0 Å².